The lowest BCUT2D eigenvalue weighted by Crippen LogP contribution is -2.43. The number of hydrogen-bond acceptors (Lipinski definition) is 4. The van der Waals surface area contributed by atoms with Crippen LogP contribution in [0.15, 0.2) is 24.4 Å². The van der Waals surface area contributed by atoms with Crippen molar-refractivity contribution in [3.8, 4) is 0 Å². The van der Waals surface area contributed by atoms with E-state index in [1.807, 2.05) is 22.6 Å². The minimum atomic E-state index is 0.0455. The number of aromatic nitrogens is 2. The molecule has 3 heterocycles. The molecule has 3 N–H and O–H groups in total. The van der Waals surface area contributed by atoms with E-state index >= 15 is 0 Å². The first-order valence-corrected chi connectivity index (χ1v) is 12.8. The molecule has 32 heavy (non-hydrogen) atoms. The maximum Gasteiger partial charge on any atom is 0.268 e. The third-order valence-corrected chi connectivity index (χ3v) is 10.0. The number of nitrogens with two attached hydrogens (primary N) is 1. The molecule has 1 aliphatic heterocycles. The summed E-state index contributed by atoms with van der Waals surface area (Å²) in [5.41, 5.74) is 9.67. The molecule has 4 saturated carbocycles. The highest BCUT2D eigenvalue weighted by Gasteiger charge is 2.70. The summed E-state index contributed by atoms with van der Waals surface area (Å²) < 4.78 is 1.98. The molecule has 170 valence electrons. The van der Waals surface area contributed by atoms with Gasteiger partial charge in [-0.15, -0.1) is 0 Å². The van der Waals surface area contributed by atoms with Crippen molar-refractivity contribution in [1.29, 1.82) is 0 Å². The van der Waals surface area contributed by atoms with Gasteiger partial charge in [0.2, 0.25) is 0 Å². The fraction of sp³-hybridized carbons (Fsp3) is 0.692. The summed E-state index contributed by atoms with van der Waals surface area (Å²) in [4.78, 5) is 20.5. The van der Waals surface area contributed by atoms with Crippen molar-refractivity contribution >= 4 is 11.6 Å². The molecule has 3 bridgehead atoms. The minimum absolute atomic E-state index is 0.0455. The van der Waals surface area contributed by atoms with Crippen LogP contribution in [-0.2, 0) is 6.54 Å². The predicted molar refractivity (Wildman–Crippen MR) is 123 cm³/mol. The largest absolute Gasteiger partial charge is 0.350 e. The lowest BCUT2D eigenvalue weighted by molar-refractivity contribution is -0.00254. The maximum atomic E-state index is 13.3. The first-order valence-electron chi connectivity index (χ1n) is 12.8. The van der Waals surface area contributed by atoms with Gasteiger partial charge in [-0.3, -0.25) is 14.1 Å². The molecule has 1 saturated heterocycles. The number of nitrogens with one attached hydrogen (secondary N) is 1. The molecular formula is C26H35N5O. The Morgan fingerprint density at radius 2 is 2.03 bits per heavy atom. The van der Waals surface area contributed by atoms with Gasteiger partial charge in [0.05, 0.1) is 5.69 Å². The Morgan fingerprint density at radius 3 is 2.91 bits per heavy atom. The quantitative estimate of drug-likeness (QED) is 0.759. The zero-order valence-electron chi connectivity index (χ0n) is 18.9. The van der Waals surface area contributed by atoms with E-state index in [1.165, 1.54) is 38.5 Å². The van der Waals surface area contributed by atoms with Crippen LogP contribution in [0.1, 0.15) is 67.5 Å². The van der Waals surface area contributed by atoms with E-state index in [0.717, 1.165) is 68.1 Å². The molecular weight excluding hydrogens is 398 g/mol. The van der Waals surface area contributed by atoms with E-state index in [-0.39, 0.29) is 5.91 Å². The van der Waals surface area contributed by atoms with E-state index in [2.05, 4.69) is 16.4 Å². The summed E-state index contributed by atoms with van der Waals surface area (Å²) in [6.07, 6.45) is 12.6. The first-order chi connectivity index (χ1) is 15.5. The fourth-order valence-electron chi connectivity index (χ4n) is 8.76. The molecule has 2 aromatic heterocycles. The normalized spacial score (nSPS) is 38.2. The van der Waals surface area contributed by atoms with Gasteiger partial charge in [-0.1, -0.05) is 6.07 Å². The number of piperidine rings is 1. The fourth-order valence-corrected chi connectivity index (χ4v) is 8.76. The number of likely N-dealkylation sites (tertiary alicyclic amines) is 1. The van der Waals surface area contributed by atoms with Crippen molar-refractivity contribution in [3.05, 3.63) is 35.8 Å². The van der Waals surface area contributed by atoms with Gasteiger partial charge in [0.1, 0.15) is 11.3 Å². The van der Waals surface area contributed by atoms with Crippen LogP contribution in [0.25, 0.3) is 5.65 Å². The highest BCUT2D eigenvalue weighted by Crippen LogP contribution is 2.78. The monoisotopic (exact) mass is 433 g/mol. The lowest BCUT2D eigenvalue weighted by atomic mass is 9.55. The summed E-state index contributed by atoms with van der Waals surface area (Å²) in [7, 11) is 0. The molecule has 0 aromatic carbocycles. The highest BCUT2D eigenvalue weighted by atomic mass is 16.1. The number of pyridine rings is 1. The van der Waals surface area contributed by atoms with Crippen LogP contribution in [0, 0.1) is 28.6 Å². The molecule has 5 unspecified atom stereocenters. The molecule has 4 aliphatic carbocycles. The van der Waals surface area contributed by atoms with E-state index in [9.17, 15) is 4.79 Å². The van der Waals surface area contributed by atoms with Crippen molar-refractivity contribution in [3.63, 3.8) is 0 Å². The van der Waals surface area contributed by atoms with Crippen molar-refractivity contribution in [1.82, 2.24) is 19.6 Å². The van der Waals surface area contributed by atoms with Crippen molar-refractivity contribution in [2.24, 2.45) is 34.3 Å². The van der Waals surface area contributed by atoms with Gasteiger partial charge in [0.15, 0.2) is 0 Å². The van der Waals surface area contributed by atoms with Crippen LogP contribution < -0.4 is 11.1 Å². The highest BCUT2D eigenvalue weighted by molar-refractivity contribution is 5.93. The standard InChI is InChI=1S/C26H35N5O/c27-20-4-6-30(7-5-20)13-21-14-31-22(2-1-3-23(31)29-21)24(32)28-16-25-10-17-8-18-9-19(12-25)26(18,11-17)15-25/h1-3,14,17-20H,4-13,15-16,27H2,(H,28,32). The van der Waals surface area contributed by atoms with Crippen molar-refractivity contribution in [2.45, 2.75) is 64.0 Å². The van der Waals surface area contributed by atoms with Crippen LogP contribution in [0.5, 0.6) is 0 Å². The molecule has 5 atom stereocenters. The molecule has 0 radical (unpaired) electrons. The Balaban J connectivity index is 1.07. The summed E-state index contributed by atoms with van der Waals surface area (Å²) >= 11 is 0. The molecule has 6 nitrogen and oxygen atoms in total. The number of carbonyl (C=O) groups is 1. The number of carbonyl (C=O) groups excluding carboxylic acids is 1. The van der Waals surface area contributed by atoms with Gasteiger partial charge in [0.25, 0.3) is 5.91 Å². The number of amides is 1. The number of fused-ring (bicyclic) bond motifs is 3. The van der Waals surface area contributed by atoms with E-state index in [1.54, 1.807) is 0 Å². The van der Waals surface area contributed by atoms with E-state index < -0.39 is 0 Å². The zero-order chi connectivity index (χ0) is 21.5. The second-order valence-electron chi connectivity index (χ2n) is 11.9. The SMILES string of the molecule is NC1CCN(Cc2cn3c(C(=O)NCC45CC6CC7CC(C4)C7(C6)C5)cccc3n2)CC1. The lowest BCUT2D eigenvalue weighted by Gasteiger charge is -2.49. The Bertz CT molecular complexity index is 1070. The summed E-state index contributed by atoms with van der Waals surface area (Å²) in [6.45, 7) is 3.72. The average Bonchev–Trinajstić information content (AvgIpc) is 3.34. The second kappa shape index (κ2) is 6.80. The van der Waals surface area contributed by atoms with Crippen LogP contribution in [0.2, 0.25) is 0 Å². The van der Waals surface area contributed by atoms with Gasteiger partial charge < -0.3 is 11.1 Å². The number of imidazole rings is 1. The summed E-state index contributed by atoms with van der Waals surface area (Å²) in [5, 5.41) is 3.37. The Labute approximate surface area is 189 Å². The van der Waals surface area contributed by atoms with Crippen LogP contribution in [0.4, 0.5) is 0 Å². The van der Waals surface area contributed by atoms with Crippen molar-refractivity contribution < 1.29 is 4.79 Å². The number of nitrogens with zero attached hydrogens (tertiary/aromatic N) is 3. The molecule has 5 aliphatic rings. The molecule has 7 rings (SSSR count). The van der Waals surface area contributed by atoms with E-state index in [0.29, 0.717) is 22.6 Å². The summed E-state index contributed by atoms with van der Waals surface area (Å²) in [5.74, 6) is 2.92. The van der Waals surface area contributed by atoms with Gasteiger partial charge >= 0.3 is 0 Å². The third kappa shape index (κ3) is 2.84. The second-order valence-corrected chi connectivity index (χ2v) is 11.9. The van der Waals surface area contributed by atoms with Crippen LogP contribution in [0.3, 0.4) is 0 Å². The zero-order valence-corrected chi connectivity index (χ0v) is 18.9. The Kier molecular flexibility index (Phi) is 4.15. The Hall–Kier alpha value is -1.92. The van der Waals surface area contributed by atoms with Gasteiger partial charge in [0, 0.05) is 38.4 Å². The minimum Gasteiger partial charge on any atom is -0.350 e. The topological polar surface area (TPSA) is 75.7 Å². The number of hydrogen-bond donors (Lipinski definition) is 2. The van der Waals surface area contributed by atoms with Crippen molar-refractivity contribution in [2.75, 3.05) is 19.6 Å². The first kappa shape index (κ1) is 19.5. The van der Waals surface area contributed by atoms with Gasteiger partial charge in [-0.25, -0.2) is 4.98 Å². The molecule has 6 heteroatoms. The van der Waals surface area contributed by atoms with Gasteiger partial charge in [-0.05, 0) is 92.1 Å². The molecule has 1 spiro atoms. The third-order valence-electron chi connectivity index (χ3n) is 10.0. The molecule has 2 aromatic rings. The smallest absolute Gasteiger partial charge is 0.268 e. The predicted octanol–water partition coefficient (Wildman–Crippen LogP) is 3.20. The number of rotatable bonds is 5. The van der Waals surface area contributed by atoms with Crippen LogP contribution >= 0.6 is 0 Å². The van der Waals surface area contributed by atoms with Gasteiger partial charge in [-0.2, -0.15) is 0 Å². The Morgan fingerprint density at radius 1 is 1.16 bits per heavy atom. The van der Waals surface area contributed by atoms with Crippen LogP contribution in [-0.4, -0.2) is 45.9 Å². The summed E-state index contributed by atoms with van der Waals surface area (Å²) in [6, 6.07) is 6.22. The molecule has 1 amide bonds. The average molecular weight is 434 g/mol. The molecule has 5 fully saturated rings. The maximum absolute atomic E-state index is 13.3. The van der Waals surface area contributed by atoms with E-state index in [4.69, 9.17) is 10.7 Å².